The van der Waals surface area contributed by atoms with Crippen LogP contribution in [0.4, 0.5) is 4.79 Å². The van der Waals surface area contributed by atoms with E-state index in [1.807, 2.05) is 6.08 Å². The molecule has 0 aromatic heterocycles. The predicted molar refractivity (Wildman–Crippen MR) is 128 cm³/mol. The molecule has 2 N–H and O–H groups in total. The van der Waals surface area contributed by atoms with Gasteiger partial charge in [0.1, 0.15) is 5.92 Å². The Morgan fingerprint density at radius 2 is 2.15 bits per heavy atom. The van der Waals surface area contributed by atoms with E-state index in [0.29, 0.717) is 36.5 Å². The number of rotatable bonds is 9. The molecule has 0 bridgehead atoms. The van der Waals surface area contributed by atoms with Crippen molar-refractivity contribution < 1.29 is 24.2 Å². The molecule has 3 aliphatic rings. The lowest BCUT2D eigenvalue weighted by molar-refractivity contribution is -0.141. The van der Waals surface area contributed by atoms with E-state index in [2.05, 4.69) is 10.3 Å². The predicted octanol–water partition coefficient (Wildman–Crippen LogP) is 4.05. The van der Waals surface area contributed by atoms with Crippen molar-refractivity contribution in [2.45, 2.75) is 32.2 Å². The van der Waals surface area contributed by atoms with Crippen LogP contribution in [0.5, 0.6) is 0 Å². The fraction of sp³-hybridized carbons (Fsp3) is 0.360. The van der Waals surface area contributed by atoms with Crippen LogP contribution in [0.15, 0.2) is 64.6 Å². The van der Waals surface area contributed by atoms with E-state index in [-0.39, 0.29) is 18.0 Å². The first kappa shape index (κ1) is 23.9. The molecule has 178 valence electrons. The fourth-order valence-corrected chi connectivity index (χ4v) is 4.88. The number of amides is 2. The summed E-state index contributed by atoms with van der Waals surface area (Å²) in [5, 5.41) is 13.5. The lowest BCUT2D eigenvalue weighted by Crippen LogP contribution is -2.47. The number of halogens is 1. The number of hydrogen-bond donors (Lipinski definition) is 2. The van der Waals surface area contributed by atoms with Gasteiger partial charge in [0.05, 0.1) is 25.1 Å². The minimum atomic E-state index is -1.05. The van der Waals surface area contributed by atoms with Crippen LogP contribution in [-0.2, 0) is 14.3 Å². The Labute approximate surface area is 202 Å². The number of aliphatic imine (C=N–C) groups is 1. The average Bonchev–Trinajstić information content (AvgIpc) is 3.23. The first-order chi connectivity index (χ1) is 16.4. The summed E-state index contributed by atoms with van der Waals surface area (Å²) in [7, 11) is 0. The number of benzene rings is 1. The van der Waals surface area contributed by atoms with E-state index >= 15 is 0 Å². The number of ether oxygens (including phenoxy) is 1. The largest absolute Gasteiger partial charge is 0.481 e. The van der Waals surface area contributed by atoms with E-state index in [4.69, 9.17) is 16.3 Å². The van der Waals surface area contributed by atoms with Crippen LogP contribution in [0.2, 0.25) is 5.02 Å². The van der Waals surface area contributed by atoms with E-state index < -0.39 is 24.0 Å². The van der Waals surface area contributed by atoms with Gasteiger partial charge in [-0.3, -0.25) is 9.59 Å². The van der Waals surface area contributed by atoms with Gasteiger partial charge >= 0.3 is 12.0 Å². The van der Waals surface area contributed by atoms with Crippen molar-refractivity contribution >= 4 is 35.1 Å². The normalized spacial score (nSPS) is 21.7. The van der Waals surface area contributed by atoms with Gasteiger partial charge in [0.2, 0.25) is 0 Å². The van der Waals surface area contributed by atoms with Crippen molar-refractivity contribution in [3.63, 3.8) is 0 Å². The minimum absolute atomic E-state index is 0.0435. The van der Waals surface area contributed by atoms with Crippen molar-refractivity contribution in [3.8, 4) is 0 Å². The number of carboxylic acids is 1. The second-order valence-electron chi connectivity index (χ2n) is 8.47. The maximum absolute atomic E-state index is 12.7. The molecule has 0 spiro atoms. The maximum atomic E-state index is 12.7. The van der Waals surface area contributed by atoms with Crippen LogP contribution < -0.4 is 5.32 Å². The van der Waals surface area contributed by atoms with Crippen LogP contribution in [-0.4, -0.2) is 53.1 Å². The summed E-state index contributed by atoms with van der Waals surface area (Å²) in [5.41, 5.74) is 3.72. The van der Waals surface area contributed by atoms with Gasteiger partial charge in [-0.25, -0.2) is 9.79 Å². The third-order valence-electron chi connectivity index (χ3n) is 6.29. The zero-order valence-electron chi connectivity index (χ0n) is 18.8. The fourth-order valence-electron chi connectivity index (χ4n) is 4.68. The van der Waals surface area contributed by atoms with Gasteiger partial charge in [0.15, 0.2) is 5.78 Å². The monoisotopic (exact) mass is 483 g/mol. The molecule has 2 unspecified atom stereocenters. The summed E-state index contributed by atoms with van der Waals surface area (Å²) in [5.74, 6) is -1.97. The molecule has 2 aliphatic heterocycles. The smallest absolute Gasteiger partial charge is 0.344 e. The average molecular weight is 484 g/mol. The standard InChI is InChI=1S/C25H26ClN3O5/c1-15-22(24(31)32)23(16-4-2-5-18(26)12-16)29(25(33)28-15)10-3-9-27-13-21(30)20-7-6-17-14-34-11-8-19(17)20/h2,4-5,8,11-12,14,22-23,27H,3,6-7,9-10,13H2,1H3,(H,31,32). The second kappa shape index (κ2) is 10.4. The Kier molecular flexibility index (Phi) is 7.29. The van der Waals surface area contributed by atoms with E-state index in [1.54, 1.807) is 43.7 Å². The number of fused-ring (bicyclic) bond motifs is 1. The van der Waals surface area contributed by atoms with Crippen molar-refractivity contribution in [1.29, 1.82) is 0 Å². The lowest BCUT2D eigenvalue weighted by atomic mass is 9.87. The van der Waals surface area contributed by atoms with Crippen LogP contribution >= 0.6 is 11.6 Å². The lowest BCUT2D eigenvalue weighted by Gasteiger charge is -2.38. The molecule has 0 fully saturated rings. The van der Waals surface area contributed by atoms with Gasteiger partial charge in [0.25, 0.3) is 0 Å². The van der Waals surface area contributed by atoms with Gasteiger partial charge in [-0.2, -0.15) is 0 Å². The number of carbonyl (C=O) groups is 3. The number of carboxylic acid groups (broad SMARTS) is 1. The molecule has 1 aromatic rings. The van der Waals surface area contributed by atoms with Crippen LogP contribution in [0.1, 0.15) is 37.8 Å². The molecule has 34 heavy (non-hydrogen) atoms. The second-order valence-corrected chi connectivity index (χ2v) is 8.91. The van der Waals surface area contributed by atoms with Crippen molar-refractivity contribution in [2.24, 2.45) is 10.9 Å². The summed E-state index contributed by atoms with van der Waals surface area (Å²) >= 11 is 6.14. The Morgan fingerprint density at radius 1 is 1.32 bits per heavy atom. The molecular weight excluding hydrogens is 458 g/mol. The highest BCUT2D eigenvalue weighted by atomic mass is 35.5. The Hall–Kier alpha value is -3.23. The molecule has 2 amide bonds. The number of urea groups is 1. The number of carbonyl (C=O) groups excluding carboxylic acids is 2. The summed E-state index contributed by atoms with van der Waals surface area (Å²) in [6, 6.07) is 5.71. The molecule has 0 saturated heterocycles. The first-order valence-corrected chi connectivity index (χ1v) is 11.6. The highest BCUT2D eigenvalue weighted by Gasteiger charge is 2.42. The number of ketones is 1. The highest BCUT2D eigenvalue weighted by Crippen LogP contribution is 2.36. The molecule has 4 rings (SSSR count). The third kappa shape index (κ3) is 4.98. The third-order valence-corrected chi connectivity index (χ3v) is 6.52. The molecule has 8 nitrogen and oxygen atoms in total. The number of hydrogen-bond acceptors (Lipinski definition) is 5. The molecule has 9 heteroatoms. The van der Waals surface area contributed by atoms with Gasteiger partial charge in [-0.1, -0.05) is 23.7 Å². The summed E-state index contributed by atoms with van der Waals surface area (Å²) < 4.78 is 5.18. The zero-order valence-corrected chi connectivity index (χ0v) is 19.5. The van der Waals surface area contributed by atoms with E-state index in [9.17, 15) is 19.5 Å². The topological polar surface area (TPSA) is 108 Å². The zero-order chi connectivity index (χ0) is 24.2. The van der Waals surface area contributed by atoms with Crippen LogP contribution in [0.25, 0.3) is 0 Å². The number of aliphatic carboxylic acids is 1. The van der Waals surface area contributed by atoms with Gasteiger partial charge in [-0.15, -0.1) is 0 Å². The molecular formula is C25H26ClN3O5. The number of Topliss-reactive ketones (excluding diaryl/α,β-unsaturated/α-hetero) is 1. The Balaban J connectivity index is 1.39. The molecule has 2 heterocycles. The molecule has 1 aliphatic carbocycles. The Bertz CT molecular complexity index is 1140. The van der Waals surface area contributed by atoms with Crippen LogP contribution in [0.3, 0.4) is 0 Å². The highest BCUT2D eigenvalue weighted by molar-refractivity contribution is 6.30. The molecule has 2 atom stereocenters. The van der Waals surface area contributed by atoms with Crippen LogP contribution in [0, 0.1) is 5.92 Å². The number of allylic oxidation sites excluding steroid dienone is 3. The minimum Gasteiger partial charge on any atom is -0.481 e. The van der Waals surface area contributed by atoms with Crippen molar-refractivity contribution in [1.82, 2.24) is 10.2 Å². The van der Waals surface area contributed by atoms with Gasteiger partial charge in [-0.05, 0) is 67.6 Å². The molecule has 0 saturated carbocycles. The summed E-state index contributed by atoms with van der Waals surface area (Å²) in [6.07, 6.45) is 7.12. The van der Waals surface area contributed by atoms with Crippen molar-refractivity contribution in [2.75, 3.05) is 19.6 Å². The molecule has 0 radical (unpaired) electrons. The van der Waals surface area contributed by atoms with Crippen molar-refractivity contribution in [3.05, 3.63) is 70.2 Å². The van der Waals surface area contributed by atoms with E-state index in [0.717, 1.165) is 23.1 Å². The summed E-state index contributed by atoms with van der Waals surface area (Å²) in [6.45, 7) is 2.54. The van der Waals surface area contributed by atoms with Gasteiger partial charge in [0, 0.05) is 22.9 Å². The maximum Gasteiger partial charge on any atom is 0.344 e. The SMILES string of the molecule is CC1=NC(=O)N(CCCNCC(=O)C2=C3C=COC=C3CC2)C(c2cccc(Cl)c2)C1C(=O)O. The number of nitrogens with one attached hydrogen (secondary N) is 1. The summed E-state index contributed by atoms with van der Waals surface area (Å²) in [4.78, 5) is 42.9. The van der Waals surface area contributed by atoms with E-state index in [1.165, 1.54) is 4.90 Å². The molecule has 1 aromatic carbocycles. The van der Waals surface area contributed by atoms with Gasteiger partial charge < -0.3 is 20.1 Å². The quantitative estimate of drug-likeness (QED) is 0.513. The Morgan fingerprint density at radius 3 is 2.91 bits per heavy atom. The first-order valence-electron chi connectivity index (χ1n) is 11.2. The number of nitrogens with zero attached hydrogens (tertiary/aromatic N) is 2.